The number of halogens is 2. The van der Waals surface area contributed by atoms with E-state index in [-0.39, 0.29) is 0 Å². The van der Waals surface area contributed by atoms with Gasteiger partial charge in [0, 0.05) is 22.7 Å². The maximum Gasteiger partial charge on any atom is 0.0367 e. The number of nitrogens with one attached hydrogen (secondary N) is 1. The fraction of sp³-hybridized carbons (Fsp3) is 1.00. The van der Waals surface area contributed by atoms with Gasteiger partial charge in [-0.05, 0) is 0 Å². The highest BCUT2D eigenvalue weighted by molar-refractivity contribution is 9.12. The van der Waals surface area contributed by atoms with E-state index in [0.717, 1.165) is 11.9 Å². The van der Waals surface area contributed by atoms with Crippen molar-refractivity contribution in [3.8, 4) is 0 Å². The first kappa shape index (κ1) is 9.92. The van der Waals surface area contributed by atoms with E-state index in [0.29, 0.717) is 10.9 Å². The fourth-order valence-electron chi connectivity index (χ4n) is 0.418. The van der Waals surface area contributed by atoms with Crippen LogP contribution in [0.3, 0.4) is 0 Å². The van der Waals surface area contributed by atoms with Crippen molar-refractivity contribution in [1.82, 2.24) is 5.32 Å². The Morgan fingerprint density at radius 1 is 1.44 bits per heavy atom. The van der Waals surface area contributed by atoms with Crippen LogP contribution in [0, 0.1) is 0 Å². The third-order valence-corrected chi connectivity index (χ3v) is 3.21. The highest BCUT2D eigenvalue weighted by atomic mass is 79.9. The summed E-state index contributed by atoms with van der Waals surface area (Å²) < 4.78 is 0. The predicted molar refractivity (Wildman–Crippen MR) is 49.6 cm³/mol. The van der Waals surface area contributed by atoms with Crippen LogP contribution in [0.15, 0.2) is 0 Å². The van der Waals surface area contributed by atoms with Gasteiger partial charge in [0.05, 0.1) is 0 Å². The maximum absolute atomic E-state index is 3.50. The largest absolute Gasteiger partial charge is 0.313 e. The van der Waals surface area contributed by atoms with Crippen LogP contribution in [0.25, 0.3) is 0 Å². The van der Waals surface area contributed by atoms with Crippen LogP contribution >= 0.6 is 31.9 Å². The van der Waals surface area contributed by atoms with Crippen molar-refractivity contribution in [2.75, 3.05) is 11.9 Å². The molecule has 0 heterocycles. The summed E-state index contributed by atoms with van der Waals surface area (Å²) in [6.45, 7) is 5.32. The predicted octanol–water partition coefficient (Wildman–Crippen LogP) is 2.14. The second-order valence-corrected chi connectivity index (χ2v) is 4.26. The van der Waals surface area contributed by atoms with Gasteiger partial charge in [-0.25, -0.2) is 0 Å². The van der Waals surface area contributed by atoms with Gasteiger partial charge in [-0.2, -0.15) is 0 Å². The van der Waals surface area contributed by atoms with Gasteiger partial charge in [0.2, 0.25) is 0 Å². The minimum absolute atomic E-state index is 0.555. The molecule has 0 rings (SSSR count). The van der Waals surface area contributed by atoms with Crippen LogP contribution in [0.1, 0.15) is 13.8 Å². The number of hydrogen-bond donors (Lipinski definition) is 1. The highest BCUT2D eigenvalue weighted by Gasteiger charge is 2.00. The molecule has 3 heteroatoms. The second-order valence-electron chi connectivity index (χ2n) is 2.31. The van der Waals surface area contributed by atoms with Crippen molar-refractivity contribution in [3.63, 3.8) is 0 Å². The van der Waals surface area contributed by atoms with Gasteiger partial charge >= 0.3 is 0 Å². The summed E-state index contributed by atoms with van der Waals surface area (Å²) in [5, 5.41) is 4.33. The molecule has 1 atom stereocenters. The monoisotopic (exact) mass is 257 g/mol. The standard InChI is InChI=1S/C6H13Br2N/c1-5(2)9-4-6(8)3-7/h5-6,9H,3-4H2,1-2H3. The zero-order valence-electron chi connectivity index (χ0n) is 5.82. The topological polar surface area (TPSA) is 12.0 Å². The molecule has 0 saturated heterocycles. The van der Waals surface area contributed by atoms with E-state index in [4.69, 9.17) is 0 Å². The van der Waals surface area contributed by atoms with Gasteiger partial charge in [-0.15, -0.1) is 0 Å². The molecule has 1 nitrogen and oxygen atoms in total. The average molecular weight is 259 g/mol. The summed E-state index contributed by atoms with van der Waals surface area (Å²) >= 11 is 6.87. The fourth-order valence-corrected chi connectivity index (χ4v) is 0.834. The van der Waals surface area contributed by atoms with Crippen LogP contribution in [0.4, 0.5) is 0 Å². The molecule has 0 aliphatic heterocycles. The summed E-state index contributed by atoms with van der Waals surface area (Å²) in [7, 11) is 0. The van der Waals surface area contributed by atoms with Crippen LogP contribution < -0.4 is 5.32 Å². The lowest BCUT2D eigenvalue weighted by Crippen LogP contribution is -2.29. The Bertz CT molecular complexity index is 66.1. The normalized spacial score (nSPS) is 14.3. The Balaban J connectivity index is 3.06. The summed E-state index contributed by atoms with van der Waals surface area (Å²) in [6, 6.07) is 0.587. The quantitative estimate of drug-likeness (QED) is 0.762. The van der Waals surface area contributed by atoms with Crippen LogP contribution in [0.2, 0.25) is 0 Å². The lowest BCUT2D eigenvalue weighted by molar-refractivity contribution is 0.594. The summed E-state index contributed by atoms with van der Waals surface area (Å²) in [5.74, 6) is 0. The highest BCUT2D eigenvalue weighted by Crippen LogP contribution is 2.01. The van der Waals surface area contributed by atoms with Gasteiger partial charge in [0.25, 0.3) is 0 Å². The maximum atomic E-state index is 3.50. The van der Waals surface area contributed by atoms with Crippen molar-refractivity contribution < 1.29 is 0 Å². The Labute approximate surface area is 73.8 Å². The molecular weight excluding hydrogens is 246 g/mol. The molecule has 0 fully saturated rings. The molecule has 1 unspecified atom stereocenters. The Hall–Kier alpha value is 0.920. The molecule has 0 aliphatic rings. The van der Waals surface area contributed by atoms with Gasteiger partial charge in [0.15, 0.2) is 0 Å². The van der Waals surface area contributed by atoms with E-state index in [1.54, 1.807) is 0 Å². The third-order valence-electron chi connectivity index (χ3n) is 0.915. The van der Waals surface area contributed by atoms with Crippen LogP contribution in [0.5, 0.6) is 0 Å². The lowest BCUT2D eigenvalue weighted by atomic mass is 10.4. The van der Waals surface area contributed by atoms with Crippen molar-refractivity contribution >= 4 is 31.9 Å². The van der Waals surface area contributed by atoms with Crippen molar-refractivity contribution in [2.24, 2.45) is 0 Å². The van der Waals surface area contributed by atoms with E-state index in [2.05, 4.69) is 51.0 Å². The van der Waals surface area contributed by atoms with Gasteiger partial charge < -0.3 is 5.32 Å². The zero-order valence-corrected chi connectivity index (χ0v) is 9.00. The molecule has 9 heavy (non-hydrogen) atoms. The molecule has 56 valence electrons. The van der Waals surface area contributed by atoms with Gasteiger partial charge in [-0.3, -0.25) is 0 Å². The zero-order chi connectivity index (χ0) is 7.28. The number of hydrogen-bond acceptors (Lipinski definition) is 1. The Morgan fingerprint density at radius 3 is 2.33 bits per heavy atom. The van der Waals surface area contributed by atoms with Crippen molar-refractivity contribution in [1.29, 1.82) is 0 Å². The smallest absolute Gasteiger partial charge is 0.0367 e. The van der Waals surface area contributed by atoms with E-state index in [9.17, 15) is 0 Å². The first-order chi connectivity index (χ1) is 4.16. The molecular formula is C6H13Br2N. The molecule has 0 aliphatic carbocycles. The molecule has 0 aromatic carbocycles. The van der Waals surface area contributed by atoms with Gasteiger partial charge in [0.1, 0.15) is 0 Å². The molecule has 0 aromatic heterocycles. The van der Waals surface area contributed by atoms with Crippen molar-refractivity contribution in [3.05, 3.63) is 0 Å². The molecule has 0 bridgehead atoms. The van der Waals surface area contributed by atoms with E-state index in [1.165, 1.54) is 0 Å². The number of rotatable bonds is 4. The SMILES string of the molecule is CC(C)NCC(Br)CBr. The summed E-state index contributed by atoms with van der Waals surface area (Å²) in [6.07, 6.45) is 0. The summed E-state index contributed by atoms with van der Waals surface area (Å²) in [4.78, 5) is 0.555. The molecule has 0 amide bonds. The molecule has 0 spiro atoms. The third kappa shape index (κ3) is 6.81. The van der Waals surface area contributed by atoms with Crippen LogP contribution in [-0.2, 0) is 0 Å². The Morgan fingerprint density at radius 2 is 2.00 bits per heavy atom. The molecule has 0 saturated carbocycles. The van der Waals surface area contributed by atoms with Gasteiger partial charge in [-0.1, -0.05) is 45.7 Å². The summed E-state index contributed by atoms with van der Waals surface area (Å²) in [5.41, 5.74) is 0. The minimum Gasteiger partial charge on any atom is -0.313 e. The minimum atomic E-state index is 0.555. The Kier molecular flexibility index (Phi) is 6.27. The molecule has 0 aromatic rings. The van der Waals surface area contributed by atoms with E-state index in [1.807, 2.05) is 0 Å². The second kappa shape index (κ2) is 5.69. The van der Waals surface area contributed by atoms with E-state index >= 15 is 0 Å². The first-order valence-electron chi connectivity index (χ1n) is 3.10. The average Bonchev–Trinajstić information content (AvgIpc) is 1.83. The molecule has 1 N–H and O–H groups in total. The number of alkyl halides is 2. The van der Waals surface area contributed by atoms with Crippen LogP contribution in [-0.4, -0.2) is 22.7 Å². The van der Waals surface area contributed by atoms with E-state index < -0.39 is 0 Å². The molecule has 0 radical (unpaired) electrons. The lowest BCUT2D eigenvalue weighted by Gasteiger charge is -2.10. The van der Waals surface area contributed by atoms with Crippen molar-refractivity contribution in [2.45, 2.75) is 24.7 Å². The first-order valence-corrected chi connectivity index (χ1v) is 5.14.